The van der Waals surface area contributed by atoms with Crippen molar-refractivity contribution in [3.8, 4) is 0 Å². The number of hydrogen-bond donors (Lipinski definition) is 2. The SMILES string of the molecule is O=C(O)C1CCCCN1C(=O)NC1CC=CC1. The number of piperidine rings is 1. The molecule has 0 bridgehead atoms. The van der Waals surface area contributed by atoms with E-state index < -0.39 is 12.0 Å². The van der Waals surface area contributed by atoms with Crippen LogP contribution in [0, 0.1) is 0 Å². The normalized spacial score (nSPS) is 24.9. The number of carbonyl (C=O) groups excluding carboxylic acids is 1. The highest BCUT2D eigenvalue weighted by Crippen LogP contribution is 2.18. The Morgan fingerprint density at radius 2 is 1.94 bits per heavy atom. The molecule has 0 aromatic heterocycles. The van der Waals surface area contributed by atoms with E-state index in [1.807, 2.05) is 12.2 Å². The minimum Gasteiger partial charge on any atom is -0.480 e. The van der Waals surface area contributed by atoms with Crippen LogP contribution in [0.2, 0.25) is 0 Å². The Morgan fingerprint density at radius 3 is 2.59 bits per heavy atom. The first-order chi connectivity index (χ1) is 8.18. The number of likely N-dealkylation sites (tertiary alicyclic amines) is 1. The van der Waals surface area contributed by atoms with E-state index in [0.717, 1.165) is 25.7 Å². The molecule has 5 nitrogen and oxygen atoms in total. The first-order valence-corrected chi connectivity index (χ1v) is 6.13. The summed E-state index contributed by atoms with van der Waals surface area (Å²) in [5.41, 5.74) is 0. The van der Waals surface area contributed by atoms with Crippen LogP contribution in [0.5, 0.6) is 0 Å². The number of urea groups is 1. The molecule has 1 heterocycles. The van der Waals surface area contributed by atoms with E-state index in [2.05, 4.69) is 5.32 Å². The molecule has 94 valence electrons. The number of aliphatic carboxylic acids is 1. The summed E-state index contributed by atoms with van der Waals surface area (Å²) in [6.45, 7) is 0.545. The number of carboxylic acids is 1. The summed E-state index contributed by atoms with van der Waals surface area (Å²) in [6, 6.07) is -0.747. The standard InChI is InChI=1S/C12H18N2O3/c15-11(16)10-7-3-4-8-14(10)12(17)13-9-5-1-2-6-9/h1-2,9-10H,3-8H2,(H,13,17)(H,15,16). The lowest BCUT2D eigenvalue weighted by molar-refractivity contribution is -0.143. The maximum atomic E-state index is 12.0. The van der Waals surface area contributed by atoms with Crippen LogP contribution in [0.15, 0.2) is 12.2 Å². The van der Waals surface area contributed by atoms with E-state index in [-0.39, 0.29) is 12.1 Å². The summed E-state index contributed by atoms with van der Waals surface area (Å²) in [6.07, 6.45) is 8.10. The smallest absolute Gasteiger partial charge is 0.326 e. The van der Waals surface area contributed by atoms with E-state index in [1.54, 1.807) is 0 Å². The fraction of sp³-hybridized carbons (Fsp3) is 0.667. The highest BCUT2D eigenvalue weighted by atomic mass is 16.4. The zero-order valence-corrected chi connectivity index (χ0v) is 9.76. The molecule has 1 fully saturated rings. The van der Waals surface area contributed by atoms with Crippen LogP contribution in [0.4, 0.5) is 4.79 Å². The van der Waals surface area contributed by atoms with E-state index >= 15 is 0 Å². The third-order valence-electron chi connectivity index (χ3n) is 3.38. The lowest BCUT2D eigenvalue weighted by atomic mass is 10.0. The zero-order chi connectivity index (χ0) is 12.3. The van der Waals surface area contributed by atoms with Gasteiger partial charge < -0.3 is 15.3 Å². The number of nitrogens with one attached hydrogen (secondary N) is 1. The minimum atomic E-state index is -0.899. The maximum Gasteiger partial charge on any atom is 0.326 e. The van der Waals surface area contributed by atoms with E-state index in [4.69, 9.17) is 5.11 Å². The molecule has 2 amide bonds. The number of carbonyl (C=O) groups is 2. The average molecular weight is 238 g/mol. The second-order valence-corrected chi connectivity index (χ2v) is 4.63. The van der Waals surface area contributed by atoms with Crippen molar-refractivity contribution in [1.82, 2.24) is 10.2 Å². The molecule has 0 radical (unpaired) electrons. The van der Waals surface area contributed by atoms with Gasteiger partial charge in [-0.1, -0.05) is 12.2 Å². The van der Waals surface area contributed by atoms with Crippen molar-refractivity contribution in [2.75, 3.05) is 6.54 Å². The summed E-state index contributed by atoms with van der Waals surface area (Å²) in [7, 11) is 0. The largest absolute Gasteiger partial charge is 0.480 e. The fourth-order valence-electron chi connectivity index (χ4n) is 2.42. The van der Waals surface area contributed by atoms with Gasteiger partial charge in [-0.3, -0.25) is 0 Å². The molecule has 1 unspecified atom stereocenters. The molecule has 17 heavy (non-hydrogen) atoms. The third kappa shape index (κ3) is 2.78. The maximum absolute atomic E-state index is 12.0. The summed E-state index contributed by atoms with van der Waals surface area (Å²) < 4.78 is 0. The minimum absolute atomic E-state index is 0.138. The quantitative estimate of drug-likeness (QED) is 0.713. The molecule has 1 atom stereocenters. The van der Waals surface area contributed by atoms with Gasteiger partial charge in [0.1, 0.15) is 6.04 Å². The predicted octanol–water partition coefficient (Wildman–Crippen LogP) is 1.35. The van der Waals surface area contributed by atoms with Gasteiger partial charge >= 0.3 is 12.0 Å². The molecule has 1 aliphatic carbocycles. The van der Waals surface area contributed by atoms with Crippen molar-refractivity contribution in [3.63, 3.8) is 0 Å². The summed E-state index contributed by atoms with van der Waals surface area (Å²) in [5, 5.41) is 12.0. The molecule has 2 N–H and O–H groups in total. The first-order valence-electron chi connectivity index (χ1n) is 6.13. The summed E-state index contributed by atoms with van der Waals surface area (Å²) in [5.74, 6) is -0.899. The molecular formula is C12H18N2O3. The Labute approximate surface area is 100 Å². The summed E-state index contributed by atoms with van der Waals surface area (Å²) in [4.78, 5) is 24.5. The third-order valence-corrected chi connectivity index (χ3v) is 3.38. The molecular weight excluding hydrogens is 220 g/mol. The van der Waals surface area contributed by atoms with Crippen molar-refractivity contribution < 1.29 is 14.7 Å². The van der Waals surface area contributed by atoms with E-state index in [1.165, 1.54) is 4.90 Å². The van der Waals surface area contributed by atoms with Gasteiger partial charge in [-0.2, -0.15) is 0 Å². The van der Waals surface area contributed by atoms with Crippen LogP contribution in [0.25, 0.3) is 0 Å². The van der Waals surface area contributed by atoms with Crippen LogP contribution >= 0.6 is 0 Å². The number of rotatable bonds is 2. The van der Waals surface area contributed by atoms with Crippen LogP contribution < -0.4 is 5.32 Å². The number of carboxylic acid groups (broad SMARTS) is 1. The average Bonchev–Trinajstić information content (AvgIpc) is 2.81. The van der Waals surface area contributed by atoms with Gasteiger partial charge in [0.2, 0.25) is 0 Å². The molecule has 2 aliphatic rings. The van der Waals surface area contributed by atoms with Crippen LogP contribution in [-0.4, -0.2) is 40.6 Å². The second kappa shape index (κ2) is 5.21. The molecule has 5 heteroatoms. The Hall–Kier alpha value is -1.52. The second-order valence-electron chi connectivity index (χ2n) is 4.63. The molecule has 0 spiro atoms. The van der Waals surface area contributed by atoms with Crippen molar-refractivity contribution in [1.29, 1.82) is 0 Å². The van der Waals surface area contributed by atoms with Crippen LogP contribution in [-0.2, 0) is 4.79 Å². The lowest BCUT2D eigenvalue weighted by Gasteiger charge is -2.33. The molecule has 1 saturated heterocycles. The molecule has 0 aromatic rings. The Bertz CT molecular complexity index is 333. The monoisotopic (exact) mass is 238 g/mol. The highest BCUT2D eigenvalue weighted by molar-refractivity contribution is 5.83. The lowest BCUT2D eigenvalue weighted by Crippen LogP contribution is -2.53. The van der Waals surface area contributed by atoms with Gasteiger partial charge in [0, 0.05) is 12.6 Å². The Morgan fingerprint density at radius 1 is 1.24 bits per heavy atom. The van der Waals surface area contributed by atoms with Crippen LogP contribution in [0.1, 0.15) is 32.1 Å². The van der Waals surface area contributed by atoms with Gasteiger partial charge in [-0.05, 0) is 32.1 Å². The number of nitrogens with zero attached hydrogens (tertiary/aromatic N) is 1. The van der Waals surface area contributed by atoms with E-state index in [0.29, 0.717) is 13.0 Å². The molecule has 1 aliphatic heterocycles. The predicted molar refractivity (Wildman–Crippen MR) is 62.7 cm³/mol. The summed E-state index contributed by atoms with van der Waals surface area (Å²) >= 11 is 0. The van der Waals surface area contributed by atoms with Gasteiger partial charge in [-0.25, -0.2) is 9.59 Å². The highest BCUT2D eigenvalue weighted by Gasteiger charge is 2.32. The van der Waals surface area contributed by atoms with Crippen molar-refractivity contribution in [2.24, 2.45) is 0 Å². The number of amides is 2. The molecule has 0 saturated carbocycles. The Kier molecular flexibility index (Phi) is 3.66. The number of hydrogen-bond acceptors (Lipinski definition) is 2. The van der Waals surface area contributed by atoms with Gasteiger partial charge in [0.15, 0.2) is 0 Å². The zero-order valence-electron chi connectivity index (χ0n) is 9.76. The molecule has 2 rings (SSSR count). The van der Waals surface area contributed by atoms with Crippen molar-refractivity contribution in [3.05, 3.63) is 12.2 Å². The van der Waals surface area contributed by atoms with Gasteiger partial charge in [0.05, 0.1) is 0 Å². The van der Waals surface area contributed by atoms with Crippen molar-refractivity contribution in [2.45, 2.75) is 44.2 Å². The van der Waals surface area contributed by atoms with Gasteiger partial charge in [0.25, 0.3) is 0 Å². The van der Waals surface area contributed by atoms with Crippen LogP contribution in [0.3, 0.4) is 0 Å². The van der Waals surface area contributed by atoms with Crippen molar-refractivity contribution >= 4 is 12.0 Å². The Balaban J connectivity index is 1.93. The molecule has 0 aromatic carbocycles. The first kappa shape index (κ1) is 12.0. The topological polar surface area (TPSA) is 69.6 Å². The van der Waals surface area contributed by atoms with E-state index in [9.17, 15) is 9.59 Å². The van der Waals surface area contributed by atoms with Gasteiger partial charge in [-0.15, -0.1) is 0 Å². The fourth-order valence-corrected chi connectivity index (χ4v) is 2.42.